The summed E-state index contributed by atoms with van der Waals surface area (Å²) in [5, 5.41) is 5.06. The van der Waals surface area contributed by atoms with Crippen LogP contribution in [0.5, 0.6) is 0 Å². The summed E-state index contributed by atoms with van der Waals surface area (Å²) in [5.74, 6) is 0. The molecule has 0 saturated carbocycles. The fraction of sp³-hybridized carbons (Fsp3) is 0.167. The molecule has 0 fully saturated rings. The molecule has 1 heterocycles. The van der Waals surface area contributed by atoms with Gasteiger partial charge in [0.15, 0.2) is 5.13 Å². The third-order valence-electron chi connectivity index (χ3n) is 3.44. The van der Waals surface area contributed by atoms with E-state index in [0.717, 1.165) is 33.5 Å². The van der Waals surface area contributed by atoms with Gasteiger partial charge in [0.25, 0.3) is 0 Å². The molecule has 1 aromatic heterocycles. The van der Waals surface area contributed by atoms with E-state index < -0.39 is 0 Å². The van der Waals surface area contributed by atoms with Gasteiger partial charge in [0.2, 0.25) is 0 Å². The van der Waals surface area contributed by atoms with E-state index in [-0.39, 0.29) is 17.0 Å². The third-order valence-corrected chi connectivity index (χ3v) is 4.81. The van der Waals surface area contributed by atoms with Crippen LogP contribution in [0.4, 0.5) is 10.8 Å². The molecule has 0 atom stereocenters. The first-order valence-electron chi connectivity index (χ1n) is 7.25. The minimum atomic E-state index is 0. The van der Waals surface area contributed by atoms with Crippen molar-refractivity contribution in [2.24, 2.45) is 0 Å². The topological polar surface area (TPSA) is 24.9 Å². The second-order valence-electron chi connectivity index (χ2n) is 5.14. The Labute approximate surface area is 156 Å². The lowest BCUT2D eigenvalue weighted by molar-refractivity contribution is -0.00000436. The lowest BCUT2D eigenvalue weighted by atomic mass is 10.1. The van der Waals surface area contributed by atoms with E-state index in [1.807, 2.05) is 24.3 Å². The zero-order chi connectivity index (χ0) is 15.5. The first-order valence-corrected chi connectivity index (χ1v) is 8.44. The van der Waals surface area contributed by atoms with Gasteiger partial charge in [-0.25, -0.2) is 4.98 Å². The number of nitrogens with zero attached hydrogens (tertiary/aromatic N) is 1. The van der Waals surface area contributed by atoms with Gasteiger partial charge < -0.3 is 22.3 Å². The quantitative estimate of drug-likeness (QED) is 0.717. The van der Waals surface area contributed by atoms with Crippen molar-refractivity contribution in [3.05, 3.63) is 64.0 Å². The van der Waals surface area contributed by atoms with E-state index in [0.29, 0.717) is 0 Å². The maximum Gasteiger partial charge on any atom is 0.187 e. The Bertz CT molecular complexity index is 767. The number of hydrogen-bond acceptors (Lipinski definition) is 3. The van der Waals surface area contributed by atoms with Crippen LogP contribution in [0.25, 0.3) is 11.3 Å². The molecule has 5 heteroatoms. The highest BCUT2D eigenvalue weighted by molar-refractivity contribution is 7.16. The van der Waals surface area contributed by atoms with Gasteiger partial charge in [0, 0.05) is 21.2 Å². The Morgan fingerprint density at radius 2 is 1.70 bits per heavy atom. The second kappa shape index (κ2) is 7.95. The predicted octanol–water partition coefficient (Wildman–Crippen LogP) is 3.08. The first kappa shape index (κ1) is 18.0. The van der Waals surface area contributed by atoms with Crippen molar-refractivity contribution in [3.8, 4) is 11.3 Å². The number of rotatable bonds is 4. The molecule has 0 unspecified atom stereocenters. The monoisotopic (exact) mass is 407 g/mol. The molecule has 0 saturated heterocycles. The van der Waals surface area contributed by atoms with Gasteiger partial charge in [0.05, 0.1) is 5.69 Å². The normalized spacial score (nSPS) is 10.2. The molecular weight excluding hydrogens is 392 g/mol. The smallest absolute Gasteiger partial charge is 0.187 e. The van der Waals surface area contributed by atoms with Crippen LogP contribution < -0.4 is 22.3 Å². The van der Waals surface area contributed by atoms with Crippen LogP contribution in [0.2, 0.25) is 5.02 Å². The molecule has 3 aromatic rings. The van der Waals surface area contributed by atoms with Crippen LogP contribution in [0, 0.1) is 6.92 Å². The molecule has 1 N–H and O–H groups in total. The summed E-state index contributed by atoms with van der Waals surface area (Å²) >= 11 is 7.67. The van der Waals surface area contributed by atoms with Gasteiger partial charge in [-0.2, -0.15) is 0 Å². The Morgan fingerprint density at radius 1 is 1.04 bits per heavy atom. The number of anilines is 2. The summed E-state index contributed by atoms with van der Waals surface area (Å²) in [7, 11) is 0. The van der Waals surface area contributed by atoms with Crippen LogP contribution in [0.1, 0.15) is 17.4 Å². The van der Waals surface area contributed by atoms with Gasteiger partial charge in [0.1, 0.15) is 0 Å². The lowest BCUT2D eigenvalue weighted by Crippen LogP contribution is -3.00. The number of halogens is 2. The number of hydrogen-bond donors (Lipinski definition) is 1. The van der Waals surface area contributed by atoms with Crippen LogP contribution in [-0.4, -0.2) is 4.98 Å². The lowest BCUT2D eigenvalue weighted by Gasteiger charge is -2.02. The molecule has 0 spiro atoms. The van der Waals surface area contributed by atoms with Gasteiger partial charge >= 0.3 is 0 Å². The van der Waals surface area contributed by atoms with Crippen molar-refractivity contribution in [1.82, 2.24) is 4.98 Å². The molecule has 23 heavy (non-hydrogen) atoms. The molecule has 120 valence electrons. The number of nitrogens with one attached hydrogen (secondary N) is 1. The second-order valence-corrected chi connectivity index (χ2v) is 6.66. The molecule has 0 bridgehead atoms. The van der Waals surface area contributed by atoms with E-state index in [2.05, 4.69) is 43.4 Å². The van der Waals surface area contributed by atoms with E-state index in [9.17, 15) is 0 Å². The zero-order valence-corrected chi connectivity index (χ0v) is 16.1. The van der Waals surface area contributed by atoms with Crippen LogP contribution >= 0.6 is 22.9 Å². The fourth-order valence-corrected chi connectivity index (χ4v) is 3.31. The Kier molecular flexibility index (Phi) is 6.22. The number of aryl methyl sites for hydroxylation is 2. The summed E-state index contributed by atoms with van der Waals surface area (Å²) in [6.45, 7) is 4.24. The van der Waals surface area contributed by atoms with Crippen LogP contribution in [0.15, 0.2) is 48.5 Å². The van der Waals surface area contributed by atoms with E-state index in [1.165, 1.54) is 10.4 Å². The van der Waals surface area contributed by atoms with Crippen molar-refractivity contribution in [3.63, 3.8) is 0 Å². The Morgan fingerprint density at radius 3 is 2.30 bits per heavy atom. The van der Waals surface area contributed by atoms with Crippen molar-refractivity contribution in [2.75, 3.05) is 5.32 Å². The molecule has 0 aliphatic heterocycles. The van der Waals surface area contributed by atoms with Gasteiger partial charge in [-0.1, -0.05) is 48.4 Å². The average molecular weight is 409 g/mol. The Hall–Kier alpha value is -1.36. The molecule has 0 amide bonds. The SMILES string of the molecule is CCc1sc(Nc2ccc(C)cc2)nc1-c1ccc(Cl)cc1.[Br-]. The van der Waals surface area contributed by atoms with Gasteiger partial charge in [-0.05, 0) is 37.6 Å². The largest absolute Gasteiger partial charge is 1.00 e. The highest BCUT2D eigenvalue weighted by atomic mass is 79.9. The average Bonchev–Trinajstić information content (AvgIpc) is 2.93. The summed E-state index contributed by atoms with van der Waals surface area (Å²) in [6, 6.07) is 16.2. The summed E-state index contributed by atoms with van der Waals surface area (Å²) < 4.78 is 0. The summed E-state index contributed by atoms with van der Waals surface area (Å²) in [5.41, 5.74) is 4.46. The van der Waals surface area contributed by atoms with Crippen molar-refractivity contribution < 1.29 is 17.0 Å². The maximum atomic E-state index is 5.97. The molecular formula is C18H17BrClN2S-. The highest BCUT2D eigenvalue weighted by Gasteiger charge is 2.12. The number of thiazole rings is 1. The van der Waals surface area contributed by atoms with Crippen LogP contribution in [0.3, 0.4) is 0 Å². The van der Waals surface area contributed by atoms with Crippen molar-refractivity contribution in [1.29, 1.82) is 0 Å². The zero-order valence-electron chi connectivity index (χ0n) is 12.9. The standard InChI is InChI=1S/C18H17ClN2S.BrH/c1-3-16-17(13-6-8-14(19)9-7-13)21-18(22-16)20-15-10-4-12(2)5-11-15;/h4-11H,3H2,1-2H3,(H,20,21);1H/p-1. The Balaban J connectivity index is 0.00000192. The van der Waals surface area contributed by atoms with Gasteiger partial charge in [-0.3, -0.25) is 0 Å². The molecule has 0 radical (unpaired) electrons. The number of benzene rings is 2. The summed E-state index contributed by atoms with van der Waals surface area (Å²) in [6.07, 6.45) is 0.963. The molecule has 0 aliphatic carbocycles. The minimum Gasteiger partial charge on any atom is -1.00 e. The first-order chi connectivity index (χ1) is 10.7. The molecule has 0 aliphatic rings. The maximum absolute atomic E-state index is 5.97. The molecule has 3 rings (SSSR count). The minimum absolute atomic E-state index is 0. The van der Waals surface area contributed by atoms with E-state index >= 15 is 0 Å². The third kappa shape index (κ3) is 4.34. The fourth-order valence-electron chi connectivity index (χ4n) is 2.24. The molecule has 2 aromatic carbocycles. The summed E-state index contributed by atoms with van der Waals surface area (Å²) in [4.78, 5) is 6.04. The van der Waals surface area contributed by atoms with E-state index in [4.69, 9.17) is 16.6 Å². The van der Waals surface area contributed by atoms with Crippen molar-refractivity contribution >= 4 is 33.8 Å². The van der Waals surface area contributed by atoms with E-state index in [1.54, 1.807) is 11.3 Å². The highest BCUT2D eigenvalue weighted by Crippen LogP contribution is 2.33. The van der Waals surface area contributed by atoms with Gasteiger partial charge in [-0.15, -0.1) is 11.3 Å². The van der Waals surface area contributed by atoms with Crippen molar-refractivity contribution in [2.45, 2.75) is 20.3 Å². The number of aromatic nitrogens is 1. The molecule has 2 nitrogen and oxygen atoms in total. The van der Waals surface area contributed by atoms with Crippen LogP contribution in [-0.2, 0) is 6.42 Å². The predicted molar refractivity (Wildman–Crippen MR) is 96.4 cm³/mol.